The average molecular weight is 463 g/mol. The van der Waals surface area contributed by atoms with E-state index in [-0.39, 0.29) is 5.91 Å². The van der Waals surface area contributed by atoms with Crippen LogP contribution < -0.4 is 21.7 Å². The van der Waals surface area contributed by atoms with Gasteiger partial charge < -0.3 is 26.6 Å². The summed E-state index contributed by atoms with van der Waals surface area (Å²) in [6.07, 6.45) is 4.57. The lowest BCUT2D eigenvalue weighted by molar-refractivity contribution is -0.120. The van der Waals surface area contributed by atoms with Gasteiger partial charge in [0.1, 0.15) is 0 Å². The SMILES string of the molecule is C=N/C(=C\NCN)c1ccc(CNC(=O)Cc2ccc(NC(C)C3CCN(C)CC3)cc2)cc1. The molecule has 1 atom stereocenters. The van der Waals surface area contributed by atoms with Crippen molar-refractivity contribution >= 4 is 24.0 Å². The molecule has 5 N–H and O–H groups in total. The number of amides is 1. The van der Waals surface area contributed by atoms with Gasteiger partial charge in [0.2, 0.25) is 5.91 Å². The number of piperidine rings is 1. The highest BCUT2D eigenvalue weighted by atomic mass is 16.1. The molecule has 1 unspecified atom stereocenters. The van der Waals surface area contributed by atoms with Crippen molar-refractivity contribution in [2.24, 2.45) is 16.6 Å². The van der Waals surface area contributed by atoms with Crippen LogP contribution >= 0.6 is 0 Å². The fourth-order valence-electron chi connectivity index (χ4n) is 4.25. The number of benzene rings is 2. The second kappa shape index (κ2) is 12.9. The van der Waals surface area contributed by atoms with Crippen LogP contribution in [0.4, 0.5) is 5.69 Å². The Morgan fingerprint density at radius 1 is 1.15 bits per heavy atom. The van der Waals surface area contributed by atoms with Gasteiger partial charge in [0.05, 0.1) is 18.8 Å². The molecule has 7 heteroatoms. The molecule has 2 aromatic carbocycles. The monoisotopic (exact) mass is 462 g/mol. The maximum atomic E-state index is 12.4. The summed E-state index contributed by atoms with van der Waals surface area (Å²) >= 11 is 0. The van der Waals surface area contributed by atoms with Crippen molar-refractivity contribution in [1.82, 2.24) is 15.5 Å². The molecule has 3 rings (SSSR count). The number of nitrogens with two attached hydrogens (primary N) is 1. The molecule has 0 bridgehead atoms. The molecule has 7 nitrogen and oxygen atoms in total. The number of carbonyl (C=O) groups is 1. The maximum Gasteiger partial charge on any atom is 0.224 e. The van der Waals surface area contributed by atoms with E-state index in [1.54, 1.807) is 6.20 Å². The molecule has 0 saturated carbocycles. The molecule has 1 amide bonds. The predicted octanol–water partition coefficient (Wildman–Crippen LogP) is 3.19. The highest BCUT2D eigenvalue weighted by Gasteiger charge is 2.22. The van der Waals surface area contributed by atoms with Crippen LogP contribution in [-0.4, -0.2) is 50.4 Å². The van der Waals surface area contributed by atoms with Gasteiger partial charge >= 0.3 is 0 Å². The first-order chi connectivity index (χ1) is 16.5. The molecule has 34 heavy (non-hydrogen) atoms. The fourth-order valence-corrected chi connectivity index (χ4v) is 4.25. The van der Waals surface area contributed by atoms with E-state index in [0.717, 1.165) is 28.1 Å². The number of anilines is 1. The molecule has 0 aliphatic carbocycles. The van der Waals surface area contributed by atoms with E-state index in [9.17, 15) is 4.79 Å². The number of carbonyl (C=O) groups excluding carboxylic acids is 1. The van der Waals surface area contributed by atoms with Gasteiger partial charge in [-0.3, -0.25) is 9.79 Å². The highest BCUT2D eigenvalue weighted by molar-refractivity contribution is 5.78. The van der Waals surface area contributed by atoms with E-state index in [0.29, 0.717) is 31.6 Å². The van der Waals surface area contributed by atoms with Crippen LogP contribution in [0.5, 0.6) is 0 Å². The number of hydrogen-bond acceptors (Lipinski definition) is 6. The van der Waals surface area contributed by atoms with E-state index >= 15 is 0 Å². The van der Waals surface area contributed by atoms with Crippen LogP contribution in [0.2, 0.25) is 0 Å². The lowest BCUT2D eigenvalue weighted by atomic mass is 9.90. The lowest BCUT2D eigenvalue weighted by Gasteiger charge is -2.33. The summed E-state index contributed by atoms with van der Waals surface area (Å²) in [5.41, 5.74) is 10.2. The molecule has 2 aromatic rings. The molecule has 1 saturated heterocycles. The third-order valence-electron chi connectivity index (χ3n) is 6.45. The van der Waals surface area contributed by atoms with Gasteiger partial charge in [0, 0.05) is 30.0 Å². The number of nitrogens with one attached hydrogen (secondary N) is 3. The Balaban J connectivity index is 1.44. The first-order valence-electron chi connectivity index (χ1n) is 12.0. The molecule has 1 aliphatic rings. The van der Waals surface area contributed by atoms with Crippen molar-refractivity contribution in [3.63, 3.8) is 0 Å². The second-order valence-electron chi connectivity index (χ2n) is 9.02. The topological polar surface area (TPSA) is 94.8 Å². The van der Waals surface area contributed by atoms with Crippen molar-refractivity contribution in [3.05, 3.63) is 71.4 Å². The molecule has 1 fully saturated rings. The minimum Gasteiger partial charge on any atom is -0.382 e. The van der Waals surface area contributed by atoms with E-state index in [1.807, 2.05) is 36.4 Å². The van der Waals surface area contributed by atoms with Crippen LogP contribution in [0, 0.1) is 5.92 Å². The first kappa shape index (κ1) is 25.5. The van der Waals surface area contributed by atoms with E-state index in [4.69, 9.17) is 5.73 Å². The molecule has 0 radical (unpaired) electrons. The molecule has 0 spiro atoms. The maximum absolute atomic E-state index is 12.4. The Bertz CT molecular complexity index is 946. The van der Waals surface area contributed by atoms with Crippen LogP contribution in [0.25, 0.3) is 5.70 Å². The van der Waals surface area contributed by atoms with Gasteiger partial charge in [-0.2, -0.15) is 0 Å². The van der Waals surface area contributed by atoms with Gasteiger partial charge in [-0.05, 0) is 75.8 Å². The summed E-state index contributed by atoms with van der Waals surface area (Å²) in [5, 5.41) is 9.56. The summed E-state index contributed by atoms with van der Waals surface area (Å²) in [7, 11) is 2.19. The normalized spacial score (nSPS) is 16.0. The number of nitrogens with zero attached hydrogens (tertiary/aromatic N) is 2. The number of rotatable bonds is 11. The predicted molar refractivity (Wildman–Crippen MR) is 141 cm³/mol. The molecule has 182 valence electrons. The zero-order chi connectivity index (χ0) is 24.3. The third-order valence-corrected chi connectivity index (χ3v) is 6.45. The molecule has 1 aliphatic heterocycles. The van der Waals surface area contributed by atoms with Gasteiger partial charge in [-0.15, -0.1) is 0 Å². The van der Waals surface area contributed by atoms with Gasteiger partial charge in [-0.25, -0.2) is 0 Å². The number of aliphatic imine (C=N–C) groups is 1. The van der Waals surface area contributed by atoms with Crippen molar-refractivity contribution < 1.29 is 4.79 Å². The number of likely N-dealkylation sites (tertiary alicyclic amines) is 1. The summed E-state index contributed by atoms with van der Waals surface area (Å²) in [5.74, 6) is 0.707. The summed E-state index contributed by atoms with van der Waals surface area (Å²) in [6, 6.07) is 16.5. The fraction of sp³-hybridized carbons (Fsp3) is 0.407. The first-order valence-corrected chi connectivity index (χ1v) is 12.0. The minimum absolute atomic E-state index is 0.00460. The largest absolute Gasteiger partial charge is 0.382 e. The Hall–Kier alpha value is -3.16. The highest BCUT2D eigenvalue weighted by Crippen LogP contribution is 2.23. The van der Waals surface area contributed by atoms with Crippen molar-refractivity contribution in [2.45, 2.75) is 38.8 Å². The zero-order valence-corrected chi connectivity index (χ0v) is 20.4. The zero-order valence-electron chi connectivity index (χ0n) is 20.4. The molecule has 0 aromatic heterocycles. The van der Waals surface area contributed by atoms with E-state index in [1.165, 1.54) is 25.9 Å². The van der Waals surface area contributed by atoms with E-state index < -0.39 is 0 Å². The van der Waals surface area contributed by atoms with E-state index in [2.05, 4.69) is 58.7 Å². The van der Waals surface area contributed by atoms with Crippen molar-refractivity contribution in [2.75, 3.05) is 32.1 Å². The average Bonchev–Trinajstić information content (AvgIpc) is 2.85. The Morgan fingerprint density at radius 2 is 1.79 bits per heavy atom. The summed E-state index contributed by atoms with van der Waals surface area (Å²) in [6.45, 7) is 9.02. The number of hydrogen-bond donors (Lipinski definition) is 4. The Labute approximate surface area is 203 Å². The second-order valence-corrected chi connectivity index (χ2v) is 9.02. The Kier molecular flexibility index (Phi) is 9.67. The summed E-state index contributed by atoms with van der Waals surface area (Å²) in [4.78, 5) is 18.8. The third kappa shape index (κ3) is 7.71. The van der Waals surface area contributed by atoms with Gasteiger partial charge in [-0.1, -0.05) is 36.4 Å². The standard InChI is InChI=1S/C27H38N6O/c1-20(23-12-14-33(3)15-13-23)32-25-10-6-21(7-11-25)16-27(34)31-17-22-4-8-24(9-5-22)26(29-2)18-30-19-28/h4-11,18,20,23,30,32H,2,12-17,19,28H2,1,3H3,(H,31,34)/b26-18-. The van der Waals surface area contributed by atoms with Gasteiger partial charge in [0.25, 0.3) is 0 Å². The quantitative estimate of drug-likeness (QED) is 0.304. The lowest BCUT2D eigenvalue weighted by Crippen LogP contribution is -2.37. The van der Waals surface area contributed by atoms with Crippen LogP contribution in [0.1, 0.15) is 36.5 Å². The van der Waals surface area contributed by atoms with Crippen LogP contribution in [0.3, 0.4) is 0 Å². The van der Waals surface area contributed by atoms with Crippen molar-refractivity contribution in [1.29, 1.82) is 0 Å². The molecular formula is C27H38N6O. The van der Waals surface area contributed by atoms with Crippen LogP contribution in [0.15, 0.2) is 59.7 Å². The molecular weight excluding hydrogens is 424 g/mol. The smallest absolute Gasteiger partial charge is 0.224 e. The molecule has 1 heterocycles. The van der Waals surface area contributed by atoms with Gasteiger partial charge in [0.15, 0.2) is 0 Å². The Morgan fingerprint density at radius 3 is 2.41 bits per heavy atom. The van der Waals surface area contributed by atoms with Crippen LogP contribution in [-0.2, 0) is 17.8 Å². The summed E-state index contributed by atoms with van der Waals surface area (Å²) < 4.78 is 0. The minimum atomic E-state index is 0.00460. The van der Waals surface area contributed by atoms with Crippen molar-refractivity contribution in [3.8, 4) is 0 Å².